The SMILES string of the molecule is CCO[SiH](CC[Si](C)(O[Si](C)(C)C)O[Si](C)(CCC1CCC2OC2C1)O[Si](C)(C)O[Si](C)(C)C)OCC. The highest BCUT2D eigenvalue weighted by Gasteiger charge is 2.50. The Labute approximate surface area is 235 Å². The Morgan fingerprint density at radius 2 is 1.24 bits per heavy atom. The summed E-state index contributed by atoms with van der Waals surface area (Å²) in [6.45, 7) is 28.0. The van der Waals surface area contributed by atoms with E-state index in [0.29, 0.717) is 31.3 Å². The van der Waals surface area contributed by atoms with Crippen molar-refractivity contribution in [2.75, 3.05) is 13.2 Å². The Kier molecular flexibility index (Phi) is 12.8. The van der Waals surface area contributed by atoms with Gasteiger partial charge in [-0.25, -0.2) is 0 Å². The van der Waals surface area contributed by atoms with Gasteiger partial charge in [0.25, 0.3) is 0 Å². The average Bonchev–Trinajstić information content (AvgIpc) is 3.46. The summed E-state index contributed by atoms with van der Waals surface area (Å²) in [6.07, 6.45) is 5.84. The molecule has 37 heavy (non-hydrogen) atoms. The maximum Gasteiger partial charge on any atom is 0.321 e. The quantitative estimate of drug-likeness (QED) is 0.122. The predicted molar refractivity (Wildman–Crippen MR) is 167 cm³/mol. The highest BCUT2D eigenvalue weighted by Crippen LogP contribution is 2.42. The van der Waals surface area contributed by atoms with Crippen LogP contribution in [-0.4, -0.2) is 77.0 Å². The van der Waals surface area contributed by atoms with Gasteiger partial charge in [-0.05, 0) is 129 Å². The van der Waals surface area contributed by atoms with Gasteiger partial charge in [0.05, 0.1) is 12.2 Å². The van der Waals surface area contributed by atoms with E-state index in [-0.39, 0.29) is 0 Å². The van der Waals surface area contributed by atoms with E-state index in [9.17, 15) is 0 Å². The first-order valence-corrected chi connectivity index (χ1v) is 31.0. The third-order valence-corrected chi connectivity index (χ3v) is 27.5. The maximum atomic E-state index is 7.31. The molecule has 0 bridgehead atoms. The highest BCUT2D eigenvalue weighted by atomic mass is 28.5. The number of hydrogen-bond donors (Lipinski definition) is 0. The molecule has 5 atom stereocenters. The number of ether oxygens (including phenoxy) is 1. The van der Waals surface area contributed by atoms with Gasteiger partial charge in [-0.3, -0.25) is 0 Å². The molecule has 7 nitrogen and oxygen atoms in total. The van der Waals surface area contributed by atoms with Gasteiger partial charge in [0, 0.05) is 13.2 Å². The first kappa shape index (κ1) is 34.2. The van der Waals surface area contributed by atoms with Gasteiger partial charge in [0.1, 0.15) is 0 Å². The number of epoxide rings is 1. The molecule has 1 saturated heterocycles. The molecule has 0 aromatic carbocycles. The Bertz CT molecular complexity index is 698. The van der Waals surface area contributed by atoms with Crippen LogP contribution in [0.1, 0.15) is 39.5 Å². The normalized spacial score (nSPS) is 26.0. The van der Waals surface area contributed by atoms with Crippen LogP contribution in [0.3, 0.4) is 0 Å². The molecule has 1 aliphatic carbocycles. The molecule has 0 spiro atoms. The molecule has 1 heterocycles. The van der Waals surface area contributed by atoms with Crippen LogP contribution in [-0.2, 0) is 30.0 Å². The van der Waals surface area contributed by atoms with E-state index in [1.807, 2.05) is 13.8 Å². The highest BCUT2D eigenvalue weighted by molar-refractivity contribution is 6.91. The number of fused-ring (bicyclic) bond motifs is 1. The Morgan fingerprint density at radius 1 is 0.676 bits per heavy atom. The summed E-state index contributed by atoms with van der Waals surface area (Å²) in [5.74, 6) is 0.698. The number of rotatable bonds is 18. The molecular formula is C24H58O7Si6. The summed E-state index contributed by atoms with van der Waals surface area (Å²) in [7, 11) is -12.9. The molecule has 0 N–H and O–H groups in total. The van der Waals surface area contributed by atoms with Gasteiger partial charge >= 0.3 is 35.0 Å². The second-order valence-electron chi connectivity index (χ2n) is 13.6. The summed E-state index contributed by atoms with van der Waals surface area (Å²) in [4.78, 5) is 0. The van der Waals surface area contributed by atoms with Gasteiger partial charge in [-0.15, -0.1) is 0 Å². The minimum atomic E-state index is -2.61. The van der Waals surface area contributed by atoms with E-state index >= 15 is 0 Å². The second-order valence-corrected chi connectivity index (χ2v) is 35.8. The third-order valence-electron chi connectivity index (χ3n) is 6.63. The minimum Gasteiger partial charge on any atom is -0.437 e. The molecule has 220 valence electrons. The van der Waals surface area contributed by atoms with Crippen LogP contribution in [0.2, 0.25) is 83.6 Å². The summed E-state index contributed by atoms with van der Waals surface area (Å²) in [6, 6.07) is 2.78. The molecule has 0 aromatic rings. The molecule has 1 aliphatic heterocycles. The first-order valence-electron chi connectivity index (χ1n) is 14.6. The fourth-order valence-electron chi connectivity index (χ4n) is 5.81. The Balaban J connectivity index is 2.24. The second kappa shape index (κ2) is 13.8. The van der Waals surface area contributed by atoms with Crippen molar-refractivity contribution in [2.24, 2.45) is 5.92 Å². The first-order chi connectivity index (χ1) is 16.9. The lowest BCUT2D eigenvalue weighted by Crippen LogP contribution is -2.60. The number of hydrogen-bond acceptors (Lipinski definition) is 7. The molecule has 2 rings (SSSR count). The summed E-state index contributed by atoms with van der Waals surface area (Å²) in [5.41, 5.74) is 0. The van der Waals surface area contributed by atoms with Crippen LogP contribution in [0, 0.1) is 5.92 Å². The van der Waals surface area contributed by atoms with Crippen LogP contribution < -0.4 is 0 Å². The molecule has 2 fully saturated rings. The minimum absolute atomic E-state index is 0.503. The smallest absolute Gasteiger partial charge is 0.321 e. The molecular weight excluding hydrogens is 569 g/mol. The van der Waals surface area contributed by atoms with Crippen LogP contribution in [0.5, 0.6) is 0 Å². The van der Waals surface area contributed by atoms with Crippen LogP contribution >= 0.6 is 0 Å². The van der Waals surface area contributed by atoms with Crippen molar-refractivity contribution in [3.63, 3.8) is 0 Å². The standard InChI is InChI=1S/C24H58O7Si6/c1-13-25-32(26-14-2)18-20-37(12,29-34(6,7)8)31-36(11,30-35(9,10)28-33(3,4)5)19-17-22-15-16-23-24(21-22)27-23/h22-24,32H,13-21H2,1-12H3. The van der Waals surface area contributed by atoms with E-state index in [0.717, 1.165) is 24.6 Å². The van der Waals surface area contributed by atoms with E-state index in [4.69, 9.17) is 30.0 Å². The van der Waals surface area contributed by atoms with Gasteiger partial charge in [0.2, 0.25) is 0 Å². The predicted octanol–water partition coefficient (Wildman–Crippen LogP) is 6.82. The maximum absolute atomic E-state index is 7.31. The molecule has 1 saturated carbocycles. The molecule has 2 aliphatic rings. The van der Waals surface area contributed by atoms with Crippen LogP contribution in [0.25, 0.3) is 0 Å². The largest absolute Gasteiger partial charge is 0.437 e. The van der Waals surface area contributed by atoms with Crippen molar-refractivity contribution in [1.29, 1.82) is 0 Å². The van der Waals surface area contributed by atoms with Gasteiger partial charge in [0.15, 0.2) is 16.6 Å². The Morgan fingerprint density at radius 3 is 1.76 bits per heavy atom. The van der Waals surface area contributed by atoms with Crippen molar-refractivity contribution in [2.45, 2.75) is 135 Å². The van der Waals surface area contributed by atoms with Gasteiger partial charge in [-0.1, -0.05) is 0 Å². The lowest BCUT2D eigenvalue weighted by molar-refractivity contribution is 0.213. The molecule has 0 amide bonds. The zero-order chi connectivity index (χ0) is 28.1. The fourth-order valence-corrected chi connectivity index (χ4v) is 33.1. The van der Waals surface area contributed by atoms with Gasteiger partial charge in [-0.2, -0.15) is 0 Å². The van der Waals surface area contributed by atoms with Crippen molar-refractivity contribution in [3.8, 4) is 0 Å². The zero-order valence-electron chi connectivity index (χ0n) is 26.0. The Hall–Kier alpha value is 1.02. The molecule has 0 radical (unpaired) electrons. The lowest BCUT2D eigenvalue weighted by Gasteiger charge is -2.44. The lowest BCUT2D eigenvalue weighted by atomic mass is 9.88. The fraction of sp³-hybridized carbons (Fsp3) is 1.00. The van der Waals surface area contributed by atoms with E-state index in [1.54, 1.807) is 0 Å². The summed E-state index contributed by atoms with van der Waals surface area (Å²) in [5, 5.41) is 0. The average molecular weight is 627 g/mol. The van der Waals surface area contributed by atoms with Gasteiger partial charge < -0.3 is 30.0 Å². The third kappa shape index (κ3) is 13.5. The van der Waals surface area contributed by atoms with Crippen molar-refractivity contribution in [3.05, 3.63) is 0 Å². The monoisotopic (exact) mass is 626 g/mol. The summed E-state index contributed by atoms with van der Waals surface area (Å²) < 4.78 is 45.8. The molecule has 13 heteroatoms. The van der Waals surface area contributed by atoms with Crippen molar-refractivity contribution < 1.29 is 30.0 Å². The van der Waals surface area contributed by atoms with E-state index in [2.05, 4.69) is 65.5 Å². The van der Waals surface area contributed by atoms with E-state index < -0.39 is 51.6 Å². The van der Waals surface area contributed by atoms with E-state index in [1.165, 1.54) is 19.3 Å². The summed E-state index contributed by atoms with van der Waals surface area (Å²) >= 11 is 0. The molecule has 0 aromatic heterocycles. The topological polar surface area (TPSA) is 67.9 Å². The van der Waals surface area contributed by atoms with Crippen LogP contribution in [0.15, 0.2) is 0 Å². The molecule has 5 unspecified atom stereocenters. The van der Waals surface area contributed by atoms with Crippen LogP contribution in [0.4, 0.5) is 0 Å². The van der Waals surface area contributed by atoms with Crippen molar-refractivity contribution >= 4 is 51.6 Å². The van der Waals surface area contributed by atoms with Crippen molar-refractivity contribution in [1.82, 2.24) is 0 Å². The zero-order valence-corrected chi connectivity index (χ0v) is 32.2.